The summed E-state index contributed by atoms with van der Waals surface area (Å²) in [6.07, 6.45) is 0. The zero-order chi connectivity index (χ0) is 19.2. The molecule has 0 aliphatic carbocycles. The van der Waals surface area contributed by atoms with Gasteiger partial charge in [0.1, 0.15) is 11.3 Å². The second-order valence-corrected chi connectivity index (χ2v) is 6.92. The van der Waals surface area contributed by atoms with Crippen LogP contribution in [0.4, 0.5) is 0 Å². The molecule has 1 heterocycles. The minimum Gasteiger partial charge on any atom is -0.507 e. The maximum atomic E-state index is 12.4. The number of carboxylic acids is 1. The number of hydrogen-bond donors (Lipinski definition) is 3. The fourth-order valence-electron chi connectivity index (χ4n) is 2.65. The first-order chi connectivity index (χ1) is 12.1. The molecule has 0 bridgehead atoms. The Labute approximate surface area is 146 Å². The summed E-state index contributed by atoms with van der Waals surface area (Å²) in [6, 6.07) is 7.39. The molecule has 9 nitrogen and oxygen atoms in total. The van der Waals surface area contributed by atoms with Crippen LogP contribution < -0.4 is 0 Å². The highest BCUT2D eigenvalue weighted by Crippen LogP contribution is 2.31. The lowest BCUT2D eigenvalue weighted by Gasteiger charge is -2.16. The number of hydrogen-bond acceptors (Lipinski definition) is 6. The molecule has 2 aromatic carbocycles. The molecule has 0 spiro atoms. The molecule has 134 valence electrons. The minimum absolute atomic E-state index is 0.140. The molecular formula is C16H11NO8S. The summed E-state index contributed by atoms with van der Waals surface area (Å²) in [7, 11) is -4.78. The molecule has 0 fully saturated rings. The fourth-order valence-corrected chi connectivity index (χ4v) is 3.21. The standard InChI is InChI=1S/C16H11NO8S/c18-13-8(5-9(26(23,24)25)6-12(13)16(21)22)7-17-14(19)10-3-1-2-4-11(10)15(17)20/h1-6,18H,7H2,(H,21,22)(H,23,24,25). The third-order valence-corrected chi connectivity index (χ3v) is 4.73. The molecule has 0 atom stereocenters. The van der Waals surface area contributed by atoms with E-state index in [4.69, 9.17) is 9.66 Å². The van der Waals surface area contributed by atoms with Gasteiger partial charge in [0, 0.05) is 5.56 Å². The molecule has 10 heteroatoms. The van der Waals surface area contributed by atoms with Gasteiger partial charge in [-0.2, -0.15) is 8.42 Å². The van der Waals surface area contributed by atoms with E-state index in [0.29, 0.717) is 6.07 Å². The first kappa shape index (κ1) is 17.6. The highest BCUT2D eigenvalue weighted by atomic mass is 32.2. The maximum absolute atomic E-state index is 12.4. The van der Waals surface area contributed by atoms with Crippen molar-refractivity contribution in [3.05, 3.63) is 58.7 Å². The molecule has 0 unspecified atom stereocenters. The quantitative estimate of drug-likeness (QED) is 0.530. The van der Waals surface area contributed by atoms with E-state index in [-0.39, 0.29) is 16.7 Å². The summed E-state index contributed by atoms with van der Waals surface area (Å²) in [6.45, 7) is -0.568. The topological polar surface area (TPSA) is 149 Å². The van der Waals surface area contributed by atoms with Crippen LogP contribution in [0.15, 0.2) is 41.3 Å². The van der Waals surface area contributed by atoms with Crippen LogP contribution in [0.2, 0.25) is 0 Å². The highest BCUT2D eigenvalue weighted by Gasteiger charge is 2.36. The van der Waals surface area contributed by atoms with Gasteiger partial charge in [0.05, 0.1) is 22.6 Å². The molecule has 2 aromatic rings. The number of nitrogens with zero attached hydrogens (tertiary/aromatic N) is 1. The number of rotatable bonds is 4. The molecule has 1 aliphatic heterocycles. The van der Waals surface area contributed by atoms with Crippen molar-refractivity contribution >= 4 is 27.9 Å². The van der Waals surface area contributed by atoms with E-state index in [2.05, 4.69) is 0 Å². The van der Waals surface area contributed by atoms with Gasteiger partial charge in [-0.3, -0.25) is 19.0 Å². The molecule has 26 heavy (non-hydrogen) atoms. The second kappa shape index (κ2) is 5.93. The summed E-state index contributed by atoms with van der Waals surface area (Å²) in [4.78, 5) is 35.9. The number of carbonyl (C=O) groups excluding carboxylic acids is 2. The Morgan fingerprint density at radius 1 is 1.04 bits per heavy atom. The Balaban J connectivity index is 2.09. The van der Waals surface area contributed by atoms with Gasteiger partial charge in [0.25, 0.3) is 21.9 Å². The van der Waals surface area contributed by atoms with E-state index >= 15 is 0 Å². The lowest BCUT2D eigenvalue weighted by molar-refractivity contribution is 0.0641. The Hall–Kier alpha value is -3.24. The van der Waals surface area contributed by atoms with E-state index in [1.54, 1.807) is 12.1 Å². The predicted molar refractivity (Wildman–Crippen MR) is 85.5 cm³/mol. The number of aromatic hydroxyl groups is 1. The largest absolute Gasteiger partial charge is 0.507 e. The third-order valence-electron chi connectivity index (χ3n) is 3.90. The zero-order valence-corrected chi connectivity index (χ0v) is 13.7. The fraction of sp³-hybridized carbons (Fsp3) is 0.0625. The van der Waals surface area contributed by atoms with Crippen molar-refractivity contribution in [1.29, 1.82) is 0 Å². The maximum Gasteiger partial charge on any atom is 0.339 e. The number of fused-ring (bicyclic) bond motifs is 1. The first-order valence-electron chi connectivity index (χ1n) is 7.13. The van der Waals surface area contributed by atoms with Crippen molar-refractivity contribution < 1.29 is 37.6 Å². The van der Waals surface area contributed by atoms with Gasteiger partial charge in [-0.15, -0.1) is 0 Å². The van der Waals surface area contributed by atoms with Gasteiger partial charge >= 0.3 is 5.97 Å². The van der Waals surface area contributed by atoms with Crippen LogP contribution in [0.3, 0.4) is 0 Å². The summed E-state index contributed by atoms with van der Waals surface area (Å²) in [5.41, 5.74) is -0.818. The number of carboxylic acid groups (broad SMARTS) is 1. The van der Waals surface area contributed by atoms with Gasteiger partial charge in [0.15, 0.2) is 0 Å². The predicted octanol–water partition coefficient (Wildman–Crippen LogP) is 1.13. The first-order valence-corrected chi connectivity index (χ1v) is 8.57. The van der Waals surface area contributed by atoms with Gasteiger partial charge in [-0.25, -0.2) is 4.79 Å². The molecule has 0 saturated heterocycles. The average Bonchev–Trinajstić information content (AvgIpc) is 2.80. The minimum atomic E-state index is -4.78. The molecule has 0 saturated carbocycles. The Morgan fingerprint density at radius 2 is 1.58 bits per heavy atom. The van der Waals surface area contributed by atoms with Crippen molar-refractivity contribution in [3.8, 4) is 5.75 Å². The van der Waals surface area contributed by atoms with Crippen LogP contribution in [-0.2, 0) is 16.7 Å². The highest BCUT2D eigenvalue weighted by molar-refractivity contribution is 7.85. The van der Waals surface area contributed by atoms with Crippen LogP contribution in [0, 0.1) is 0 Å². The molecule has 3 rings (SSSR count). The summed E-state index contributed by atoms with van der Waals surface area (Å²) in [5, 5.41) is 19.2. The van der Waals surface area contributed by atoms with Crippen LogP contribution in [0.25, 0.3) is 0 Å². The lowest BCUT2D eigenvalue weighted by atomic mass is 10.1. The van der Waals surface area contributed by atoms with Crippen LogP contribution in [0.1, 0.15) is 36.6 Å². The zero-order valence-electron chi connectivity index (χ0n) is 12.9. The summed E-state index contributed by atoms with van der Waals surface area (Å²) in [5.74, 6) is -3.78. The number of imide groups is 1. The molecule has 1 aliphatic rings. The summed E-state index contributed by atoms with van der Waals surface area (Å²) >= 11 is 0. The molecule has 0 aromatic heterocycles. The van der Waals surface area contributed by atoms with Crippen molar-refractivity contribution in [1.82, 2.24) is 4.90 Å². The van der Waals surface area contributed by atoms with Crippen molar-refractivity contribution in [2.75, 3.05) is 0 Å². The number of aromatic carboxylic acids is 1. The number of phenols is 1. The molecular weight excluding hydrogens is 366 g/mol. The van der Waals surface area contributed by atoms with Crippen molar-refractivity contribution in [3.63, 3.8) is 0 Å². The Morgan fingerprint density at radius 3 is 2.04 bits per heavy atom. The van der Waals surface area contributed by atoms with Crippen molar-refractivity contribution in [2.45, 2.75) is 11.4 Å². The molecule has 3 N–H and O–H groups in total. The smallest absolute Gasteiger partial charge is 0.339 e. The Kier molecular flexibility index (Phi) is 4.01. The number of carbonyl (C=O) groups is 3. The van der Waals surface area contributed by atoms with Gasteiger partial charge in [-0.05, 0) is 24.3 Å². The average molecular weight is 377 g/mol. The van der Waals surface area contributed by atoms with Crippen LogP contribution >= 0.6 is 0 Å². The molecule has 0 radical (unpaired) electrons. The monoisotopic (exact) mass is 377 g/mol. The van der Waals surface area contributed by atoms with Gasteiger partial charge < -0.3 is 10.2 Å². The van der Waals surface area contributed by atoms with E-state index in [0.717, 1.165) is 11.0 Å². The van der Waals surface area contributed by atoms with Gasteiger partial charge in [-0.1, -0.05) is 12.1 Å². The van der Waals surface area contributed by atoms with Gasteiger partial charge in [0.2, 0.25) is 0 Å². The van der Waals surface area contributed by atoms with E-state index in [1.165, 1.54) is 12.1 Å². The van der Waals surface area contributed by atoms with E-state index in [9.17, 15) is 27.9 Å². The number of benzene rings is 2. The third kappa shape index (κ3) is 2.80. The molecule has 2 amide bonds. The van der Waals surface area contributed by atoms with Crippen LogP contribution in [0.5, 0.6) is 5.75 Å². The normalized spacial score (nSPS) is 13.8. The van der Waals surface area contributed by atoms with Crippen LogP contribution in [-0.4, -0.2) is 45.9 Å². The number of amides is 2. The summed E-state index contributed by atoms with van der Waals surface area (Å²) < 4.78 is 31.9. The second-order valence-electron chi connectivity index (χ2n) is 5.50. The van der Waals surface area contributed by atoms with E-state index in [1.807, 2.05) is 0 Å². The Bertz CT molecular complexity index is 1040. The van der Waals surface area contributed by atoms with Crippen molar-refractivity contribution in [2.24, 2.45) is 0 Å². The lowest BCUT2D eigenvalue weighted by Crippen LogP contribution is -2.29. The SMILES string of the molecule is O=C(O)c1cc(S(=O)(=O)O)cc(CN2C(=O)c3ccccc3C2=O)c1O. The van der Waals surface area contributed by atoms with E-state index < -0.39 is 50.7 Å².